The fraction of sp³-hybridized carbons (Fsp3) is 0.292. The van der Waals surface area contributed by atoms with Crippen LogP contribution in [0.5, 0.6) is 0 Å². The zero-order chi connectivity index (χ0) is 21.6. The molecule has 0 bridgehead atoms. The topological polar surface area (TPSA) is 58.4 Å². The minimum Gasteiger partial charge on any atom is -0.340 e. The molecule has 0 atom stereocenters. The molecule has 1 aliphatic rings. The van der Waals surface area contributed by atoms with E-state index in [0.717, 1.165) is 25.2 Å². The number of benzene rings is 2. The van der Waals surface area contributed by atoms with E-state index in [2.05, 4.69) is 22.1 Å². The molecule has 2 aromatic carbocycles. The fourth-order valence-electron chi connectivity index (χ4n) is 3.74. The summed E-state index contributed by atoms with van der Waals surface area (Å²) in [5.41, 5.74) is 2.63. The Kier molecular flexibility index (Phi) is 6.79. The van der Waals surface area contributed by atoms with Crippen molar-refractivity contribution in [3.8, 4) is 11.3 Å². The molecule has 31 heavy (non-hydrogen) atoms. The van der Waals surface area contributed by atoms with Crippen LogP contribution in [0.2, 0.25) is 5.02 Å². The molecule has 4 rings (SSSR count). The predicted octanol–water partition coefficient (Wildman–Crippen LogP) is 3.30. The van der Waals surface area contributed by atoms with E-state index >= 15 is 0 Å². The molecule has 0 aliphatic carbocycles. The van der Waals surface area contributed by atoms with Gasteiger partial charge in [0.05, 0.1) is 12.2 Å². The number of halogens is 1. The van der Waals surface area contributed by atoms with Crippen LogP contribution in [-0.2, 0) is 17.9 Å². The van der Waals surface area contributed by atoms with Crippen molar-refractivity contribution in [2.75, 3.05) is 26.2 Å². The largest absolute Gasteiger partial charge is 0.340 e. The molecule has 1 saturated heterocycles. The summed E-state index contributed by atoms with van der Waals surface area (Å²) in [4.78, 5) is 29.1. The van der Waals surface area contributed by atoms with Crippen molar-refractivity contribution >= 4 is 17.5 Å². The maximum atomic E-state index is 12.7. The van der Waals surface area contributed by atoms with Gasteiger partial charge in [0.1, 0.15) is 0 Å². The number of rotatable bonds is 6. The first-order valence-electron chi connectivity index (χ1n) is 10.5. The molecule has 1 aromatic heterocycles. The quantitative estimate of drug-likeness (QED) is 0.595. The van der Waals surface area contributed by atoms with E-state index in [4.69, 9.17) is 11.6 Å². The van der Waals surface area contributed by atoms with E-state index in [1.54, 1.807) is 18.2 Å². The van der Waals surface area contributed by atoms with E-state index in [1.165, 1.54) is 16.3 Å². The molecule has 0 N–H and O–H groups in total. The van der Waals surface area contributed by atoms with Crippen molar-refractivity contribution in [1.29, 1.82) is 0 Å². The van der Waals surface area contributed by atoms with E-state index in [1.807, 2.05) is 35.2 Å². The first kappa shape index (κ1) is 21.3. The second kappa shape index (κ2) is 9.90. The van der Waals surface area contributed by atoms with Crippen molar-refractivity contribution in [3.05, 3.63) is 87.7 Å². The molecule has 0 saturated carbocycles. The lowest BCUT2D eigenvalue weighted by molar-refractivity contribution is -0.133. The monoisotopic (exact) mass is 436 g/mol. The van der Waals surface area contributed by atoms with Crippen LogP contribution in [0.1, 0.15) is 12.0 Å². The Morgan fingerprint density at radius 1 is 0.903 bits per heavy atom. The maximum absolute atomic E-state index is 12.7. The van der Waals surface area contributed by atoms with E-state index in [9.17, 15) is 9.59 Å². The highest BCUT2D eigenvalue weighted by Crippen LogP contribution is 2.18. The van der Waals surface area contributed by atoms with Crippen LogP contribution >= 0.6 is 11.6 Å². The molecule has 1 aliphatic heterocycles. The van der Waals surface area contributed by atoms with Crippen molar-refractivity contribution in [2.24, 2.45) is 0 Å². The molecular weight excluding hydrogens is 412 g/mol. The molecular formula is C24H25ClN4O2. The molecule has 3 aromatic rings. The number of amides is 1. The Bertz CT molecular complexity index is 1070. The van der Waals surface area contributed by atoms with Crippen molar-refractivity contribution in [3.63, 3.8) is 0 Å². The first-order chi connectivity index (χ1) is 15.1. The zero-order valence-corrected chi connectivity index (χ0v) is 18.0. The number of nitrogens with zero attached hydrogens (tertiary/aromatic N) is 4. The highest BCUT2D eigenvalue weighted by molar-refractivity contribution is 6.30. The molecule has 7 heteroatoms. The number of hydrogen-bond donors (Lipinski definition) is 0. The van der Waals surface area contributed by atoms with Gasteiger partial charge in [-0.2, -0.15) is 5.10 Å². The summed E-state index contributed by atoms with van der Waals surface area (Å²) in [6, 6.07) is 20.8. The fourth-order valence-corrected chi connectivity index (χ4v) is 3.87. The van der Waals surface area contributed by atoms with Crippen LogP contribution in [0.3, 0.4) is 0 Å². The van der Waals surface area contributed by atoms with Crippen molar-refractivity contribution < 1.29 is 4.79 Å². The molecule has 0 unspecified atom stereocenters. The Balaban J connectivity index is 1.31. The highest BCUT2D eigenvalue weighted by atomic mass is 35.5. The van der Waals surface area contributed by atoms with Crippen LogP contribution in [0, 0.1) is 0 Å². The second-order valence-corrected chi connectivity index (χ2v) is 8.12. The molecule has 0 spiro atoms. The lowest BCUT2D eigenvalue weighted by Crippen LogP contribution is -2.48. The van der Waals surface area contributed by atoms with Gasteiger partial charge in [0.25, 0.3) is 5.56 Å². The SMILES string of the molecule is O=C(CCn1nc(-c2ccc(Cl)cc2)ccc1=O)N1CCN(Cc2ccccc2)CC1. The van der Waals surface area contributed by atoms with E-state index < -0.39 is 0 Å². The number of carbonyl (C=O) groups is 1. The molecule has 0 radical (unpaired) electrons. The van der Waals surface area contributed by atoms with Crippen molar-refractivity contribution in [2.45, 2.75) is 19.5 Å². The summed E-state index contributed by atoms with van der Waals surface area (Å²) in [5.74, 6) is 0.0601. The Morgan fingerprint density at radius 2 is 1.61 bits per heavy atom. The van der Waals surface area contributed by atoms with E-state index in [0.29, 0.717) is 23.8 Å². The number of aryl methyl sites for hydroxylation is 1. The van der Waals surface area contributed by atoms with Crippen LogP contribution < -0.4 is 5.56 Å². The number of carbonyl (C=O) groups excluding carboxylic acids is 1. The van der Waals surface area contributed by atoms with Gasteiger partial charge >= 0.3 is 0 Å². The summed E-state index contributed by atoms with van der Waals surface area (Å²) in [7, 11) is 0. The first-order valence-corrected chi connectivity index (χ1v) is 10.8. The van der Waals surface area contributed by atoms with Crippen LogP contribution in [0.25, 0.3) is 11.3 Å². The lowest BCUT2D eigenvalue weighted by Gasteiger charge is -2.34. The Hall–Kier alpha value is -2.96. The lowest BCUT2D eigenvalue weighted by atomic mass is 10.1. The van der Waals surface area contributed by atoms with Gasteiger partial charge in [-0.05, 0) is 23.8 Å². The third kappa shape index (κ3) is 5.60. The van der Waals surface area contributed by atoms with E-state index in [-0.39, 0.29) is 24.4 Å². The standard InChI is InChI=1S/C24H25ClN4O2/c25-21-8-6-20(7-9-21)22-10-11-24(31)29(26-22)13-12-23(30)28-16-14-27(15-17-28)18-19-4-2-1-3-5-19/h1-11H,12-18H2. The summed E-state index contributed by atoms with van der Waals surface area (Å²) in [5, 5.41) is 5.08. The number of aromatic nitrogens is 2. The van der Waals surface area contributed by atoms with Gasteiger partial charge in [-0.3, -0.25) is 14.5 Å². The minimum absolute atomic E-state index is 0.0601. The summed E-state index contributed by atoms with van der Waals surface area (Å²) < 4.78 is 1.37. The third-order valence-corrected chi connectivity index (χ3v) is 5.77. The molecule has 1 fully saturated rings. The predicted molar refractivity (Wildman–Crippen MR) is 122 cm³/mol. The second-order valence-electron chi connectivity index (χ2n) is 7.68. The van der Waals surface area contributed by atoms with Crippen LogP contribution in [0.4, 0.5) is 0 Å². The Labute approximate surface area is 186 Å². The molecule has 1 amide bonds. The number of hydrogen-bond acceptors (Lipinski definition) is 4. The van der Waals surface area contributed by atoms with Crippen LogP contribution in [0.15, 0.2) is 71.5 Å². The highest BCUT2D eigenvalue weighted by Gasteiger charge is 2.21. The van der Waals surface area contributed by atoms with Gasteiger partial charge in [-0.1, -0.05) is 54.1 Å². The molecule has 2 heterocycles. The maximum Gasteiger partial charge on any atom is 0.266 e. The van der Waals surface area contributed by atoms with Gasteiger partial charge in [0.15, 0.2) is 0 Å². The normalized spacial score (nSPS) is 14.5. The van der Waals surface area contributed by atoms with Gasteiger partial charge in [-0.25, -0.2) is 4.68 Å². The van der Waals surface area contributed by atoms with Gasteiger partial charge in [0.2, 0.25) is 5.91 Å². The van der Waals surface area contributed by atoms with Gasteiger partial charge in [-0.15, -0.1) is 0 Å². The smallest absolute Gasteiger partial charge is 0.266 e. The summed E-state index contributed by atoms with van der Waals surface area (Å²) in [6.07, 6.45) is 0.260. The minimum atomic E-state index is -0.210. The van der Waals surface area contributed by atoms with Gasteiger partial charge in [0, 0.05) is 55.8 Å². The summed E-state index contributed by atoms with van der Waals surface area (Å²) in [6.45, 7) is 4.29. The molecule has 160 valence electrons. The van der Waals surface area contributed by atoms with Gasteiger partial charge < -0.3 is 4.90 Å². The van der Waals surface area contributed by atoms with Crippen molar-refractivity contribution in [1.82, 2.24) is 19.6 Å². The zero-order valence-electron chi connectivity index (χ0n) is 17.3. The molecule has 6 nitrogen and oxygen atoms in total. The third-order valence-electron chi connectivity index (χ3n) is 5.52. The Morgan fingerprint density at radius 3 is 2.32 bits per heavy atom. The number of piperazine rings is 1. The average molecular weight is 437 g/mol. The van der Waals surface area contributed by atoms with Crippen LogP contribution in [-0.4, -0.2) is 51.7 Å². The average Bonchev–Trinajstić information content (AvgIpc) is 2.80. The summed E-state index contributed by atoms with van der Waals surface area (Å²) >= 11 is 5.94.